The minimum Gasteiger partial charge on any atom is -0.430 e. The fraction of sp³-hybridized carbons (Fsp3) is 0.588. The van der Waals surface area contributed by atoms with Gasteiger partial charge in [-0.3, -0.25) is 4.90 Å². The quantitative estimate of drug-likeness (QED) is 0.928. The average molecular weight is 286 g/mol. The molecule has 1 N–H and O–H groups in total. The van der Waals surface area contributed by atoms with E-state index in [-0.39, 0.29) is 12.3 Å². The highest BCUT2D eigenvalue weighted by Gasteiger charge is 2.48. The van der Waals surface area contributed by atoms with Crippen LogP contribution in [0.3, 0.4) is 0 Å². The van der Waals surface area contributed by atoms with Gasteiger partial charge in [0.15, 0.2) is 6.23 Å². The van der Waals surface area contributed by atoms with Crippen molar-refractivity contribution in [1.29, 1.82) is 0 Å². The van der Waals surface area contributed by atoms with E-state index >= 15 is 0 Å². The maximum absolute atomic E-state index is 12.0. The predicted octanol–water partition coefficient (Wildman–Crippen LogP) is 2.60. The molecule has 1 aliphatic carbocycles. The molecule has 4 heteroatoms. The van der Waals surface area contributed by atoms with Gasteiger partial charge >= 0.3 is 6.09 Å². The van der Waals surface area contributed by atoms with Gasteiger partial charge in [0.05, 0.1) is 0 Å². The van der Waals surface area contributed by atoms with Crippen LogP contribution in [-0.4, -0.2) is 30.3 Å². The number of hydrogen-bond acceptors (Lipinski definition) is 3. The van der Waals surface area contributed by atoms with E-state index < -0.39 is 0 Å². The first-order valence-electron chi connectivity index (χ1n) is 8.00. The van der Waals surface area contributed by atoms with Crippen LogP contribution in [0.15, 0.2) is 30.3 Å². The zero-order valence-corrected chi connectivity index (χ0v) is 12.2. The first kappa shape index (κ1) is 13.1. The van der Waals surface area contributed by atoms with Gasteiger partial charge in [0.1, 0.15) is 0 Å². The lowest BCUT2D eigenvalue weighted by Crippen LogP contribution is -2.60. The number of benzene rings is 1. The number of amides is 1. The van der Waals surface area contributed by atoms with Gasteiger partial charge < -0.3 is 10.1 Å². The van der Waals surface area contributed by atoms with Gasteiger partial charge in [-0.2, -0.15) is 0 Å². The molecule has 3 saturated heterocycles. The fourth-order valence-corrected chi connectivity index (χ4v) is 4.48. The highest BCUT2D eigenvalue weighted by Crippen LogP contribution is 2.46. The van der Waals surface area contributed by atoms with Crippen LogP contribution in [0.4, 0.5) is 4.79 Å². The van der Waals surface area contributed by atoms with Crippen LogP contribution < -0.4 is 5.32 Å². The summed E-state index contributed by atoms with van der Waals surface area (Å²) >= 11 is 0. The fourth-order valence-electron chi connectivity index (χ4n) is 4.48. The van der Waals surface area contributed by atoms with E-state index in [2.05, 4.69) is 10.2 Å². The lowest BCUT2D eigenvalue weighted by atomic mass is 9.67. The lowest BCUT2D eigenvalue weighted by Gasteiger charge is -2.55. The SMILES string of the molecule is O=C(NCc1ccccc1)O[C@H]1C2C[C@@H]3C[C@@H](C2)CN1C3. The molecular formula is C17H22N2O2. The Morgan fingerprint density at radius 3 is 2.52 bits per heavy atom. The van der Waals surface area contributed by atoms with Gasteiger partial charge in [-0.1, -0.05) is 30.3 Å². The summed E-state index contributed by atoms with van der Waals surface area (Å²) in [4.78, 5) is 14.4. The minimum absolute atomic E-state index is 0.00794. The minimum atomic E-state index is -0.281. The van der Waals surface area contributed by atoms with Crippen molar-refractivity contribution in [2.45, 2.75) is 32.0 Å². The van der Waals surface area contributed by atoms with Crippen molar-refractivity contribution < 1.29 is 9.53 Å². The van der Waals surface area contributed by atoms with E-state index in [0.717, 1.165) is 30.5 Å². The standard InChI is InChI=1S/C17H22N2O2/c20-17(18-9-12-4-2-1-3-5-12)21-16-15-7-13-6-14(8-15)11-19(16)10-13/h1-5,13-16H,6-11H2,(H,18,20)/t13-,14-,16-/m0/s1. The second-order valence-electron chi connectivity index (χ2n) is 6.79. The van der Waals surface area contributed by atoms with Crippen LogP contribution in [0, 0.1) is 17.8 Å². The summed E-state index contributed by atoms with van der Waals surface area (Å²) in [6.45, 7) is 2.76. The summed E-state index contributed by atoms with van der Waals surface area (Å²) in [7, 11) is 0. The monoisotopic (exact) mass is 286 g/mol. The summed E-state index contributed by atoms with van der Waals surface area (Å²) < 4.78 is 5.72. The molecule has 21 heavy (non-hydrogen) atoms. The predicted molar refractivity (Wildman–Crippen MR) is 79.4 cm³/mol. The molecule has 1 aromatic rings. The van der Waals surface area contributed by atoms with Crippen LogP contribution in [0.25, 0.3) is 0 Å². The van der Waals surface area contributed by atoms with Crippen LogP contribution in [-0.2, 0) is 11.3 Å². The molecule has 0 radical (unpaired) electrons. The Kier molecular flexibility index (Phi) is 3.34. The van der Waals surface area contributed by atoms with E-state index in [1.54, 1.807) is 0 Å². The number of piperidine rings is 3. The maximum atomic E-state index is 12.0. The van der Waals surface area contributed by atoms with Crippen molar-refractivity contribution in [3.63, 3.8) is 0 Å². The third-order valence-corrected chi connectivity index (χ3v) is 5.19. The summed E-state index contributed by atoms with van der Waals surface area (Å²) in [6, 6.07) is 9.95. The van der Waals surface area contributed by atoms with Gasteiger partial charge in [-0.05, 0) is 36.7 Å². The first-order valence-corrected chi connectivity index (χ1v) is 8.00. The summed E-state index contributed by atoms with van der Waals surface area (Å²) in [5, 5.41) is 2.87. The Morgan fingerprint density at radius 1 is 1.14 bits per heavy atom. The summed E-state index contributed by atoms with van der Waals surface area (Å²) in [6.07, 6.45) is 3.60. The zero-order valence-electron chi connectivity index (χ0n) is 12.2. The van der Waals surface area contributed by atoms with Crippen LogP contribution in [0.2, 0.25) is 0 Å². The van der Waals surface area contributed by atoms with Crippen molar-refractivity contribution in [3.8, 4) is 0 Å². The number of carbonyl (C=O) groups is 1. The highest BCUT2D eigenvalue weighted by atomic mass is 16.6. The smallest absolute Gasteiger partial charge is 0.408 e. The summed E-state index contributed by atoms with van der Waals surface area (Å²) in [5.74, 6) is 2.24. The van der Waals surface area contributed by atoms with Gasteiger partial charge in [0, 0.05) is 25.6 Å². The van der Waals surface area contributed by atoms with Gasteiger partial charge in [-0.25, -0.2) is 4.79 Å². The number of nitrogens with zero attached hydrogens (tertiary/aromatic N) is 1. The molecule has 4 nitrogen and oxygen atoms in total. The third kappa shape index (κ3) is 2.64. The van der Waals surface area contributed by atoms with E-state index in [1.165, 1.54) is 19.3 Å². The van der Waals surface area contributed by atoms with Crippen molar-refractivity contribution in [1.82, 2.24) is 10.2 Å². The molecule has 3 heterocycles. The molecule has 0 aromatic heterocycles. The van der Waals surface area contributed by atoms with Gasteiger partial charge in [-0.15, -0.1) is 0 Å². The third-order valence-electron chi connectivity index (χ3n) is 5.19. The zero-order chi connectivity index (χ0) is 14.2. The van der Waals surface area contributed by atoms with Gasteiger partial charge in [0.25, 0.3) is 0 Å². The Balaban J connectivity index is 1.33. The summed E-state index contributed by atoms with van der Waals surface area (Å²) in [5.41, 5.74) is 1.10. The molecule has 1 amide bonds. The van der Waals surface area contributed by atoms with Crippen molar-refractivity contribution in [2.24, 2.45) is 17.8 Å². The second-order valence-corrected chi connectivity index (χ2v) is 6.79. The maximum Gasteiger partial charge on any atom is 0.408 e. The first-order chi connectivity index (χ1) is 10.3. The van der Waals surface area contributed by atoms with Crippen LogP contribution >= 0.6 is 0 Å². The van der Waals surface area contributed by atoms with Crippen molar-refractivity contribution in [3.05, 3.63) is 35.9 Å². The Morgan fingerprint density at radius 2 is 1.86 bits per heavy atom. The molecule has 0 unspecified atom stereocenters. The second kappa shape index (κ2) is 5.34. The number of rotatable bonds is 3. The number of alkyl carbamates (subject to hydrolysis) is 1. The molecule has 5 rings (SSSR count). The van der Waals surface area contributed by atoms with E-state index in [1.807, 2.05) is 30.3 Å². The average Bonchev–Trinajstić information content (AvgIpc) is 2.49. The van der Waals surface area contributed by atoms with Crippen molar-refractivity contribution >= 4 is 6.09 Å². The Bertz CT molecular complexity index is 489. The van der Waals surface area contributed by atoms with Gasteiger partial charge in [0.2, 0.25) is 0 Å². The van der Waals surface area contributed by atoms with E-state index in [4.69, 9.17) is 4.74 Å². The van der Waals surface area contributed by atoms with Crippen molar-refractivity contribution in [2.75, 3.05) is 13.1 Å². The van der Waals surface area contributed by atoms with Crippen LogP contribution in [0.5, 0.6) is 0 Å². The highest BCUT2D eigenvalue weighted by molar-refractivity contribution is 5.67. The molecular weight excluding hydrogens is 264 g/mol. The molecule has 1 saturated carbocycles. The molecule has 3 atom stereocenters. The molecule has 4 aliphatic rings. The number of hydrogen-bond donors (Lipinski definition) is 1. The Labute approximate surface area is 125 Å². The topological polar surface area (TPSA) is 41.6 Å². The molecule has 3 aliphatic heterocycles. The Hall–Kier alpha value is -1.55. The lowest BCUT2D eigenvalue weighted by molar-refractivity contribution is -0.156. The van der Waals surface area contributed by atoms with Crippen LogP contribution in [0.1, 0.15) is 24.8 Å². The molecule has 4 fully saturated rings. The molecule has 1 aromatic carbocycles. The molecule has 112 valence electrons. The van der Waals surface area contributed by atoms with E-state index in [9.17, 15) is 4.79 Å². The number of carbonyl (C=O) groups excluding carboxylic acids is 1. The molecule has 4 bridgehead atoms. The molecule has 0 spiro atoms. The number of nitrogens with one attached hydrogen (secondary N) is 1. The normalized spacial score (nSPS) is 36.5. The van der Waals surface area contributed by atoms with E-state index in [0.29, 0.717) is 12.5 Å². The number of ether oxygens (including phenoxy) is 1. The largest absolute Gasteiger partial charge is 0.430 e.